The van der Waals surface area contributed by atoms with Gasteiger partial charge in [0.1, 0.15) is 11.6 Å². The van der Waals surface area contributed by atoms with Gasteiger partial charge >= 0.3 is 0 Å². The van der Waals surface area contributed by atoms with Crippen LogP contribution in [0.15, 0.2) is 60.9 Å². The maximum Gasteiger partial charge on any atom is 0.246 e. The molecule has 4 aliphatic rings. The Morgan fingerprint density at radius 2 is 1.90 bits per heavy atom. The Kier molecular flexibility index (Phi) is 7.22. The molecule has 8 atom stereocenters. The summed E-state index contributed by atoms with van der Waals surface area (Å²) in [6.07, 6.45) is 9.67. The summed E-state index contributed by atoms with van der Waals surface area (Å²) in [4.78, 5) is 47.9. The van der Waals surface area contributed by atoms with E-state index < -0.39 is 29.6 Å². The maximum absolute atomic E-state index is 14.2. The molecular weight excluding hydrogens is 516 g/mol. The molecule has 3 aliphatic heterocycles. The first-order valence-electron chi connectivity index (χ1n) is 15.0. The fourth-order valence-electron chi connectivity index (χ4n) is 7.35. The zero-order chi connectivity index (χ0) is 28.9. The van der Waals surface area contributed by atoms with Crippen LogP contribution in [0.1, 0.15) is 64.0 Å². The van der Waals surface area contributed by atoms with Crippen LogP contribution in [0.2, 0.25) is 0 Å². The van der Waals surface area contributed by atoms with Crippen molar-refractivity contribution in [3.63, 3.8) is 0 Å². The Hall–Kier alpha value is -3.52. The van der Waals surface area contributed by atoms with Gasteiger partial charge in [0.2, 0.25) is 17.7 Å². The lowest BCUT2D eigenvalue weighted by Crippen LogP contribution is -2.57. The largest absolute Gasteiger partial charge is 0.359 e. The van der Waals surface area contributed by atoms with E-state index in [0.717, 1.165) is 24.8 Å². The molecule has 1 saturated carbocycles. The quantitative estimate of drug-likeness (QED) is 0.492. The molecule has 8 unspecified atom stereocenters. The molecule has 3 amide bonds. The molecule has 1 aliphatic carbocycles. The standard InChI is InChI=1S/C33H40N4O4/c1-19(2)23-10-12-24(13-11-23)35-30(38)27-26-14-15-33(41-26)28(27)32(40)37(18-22-8-6-16-34-17-22)29(33)31(39)36-25-9-5-7-20(3)21(25)4/h6,8,10-17,19-21,25-29H,5,7,9,18H2,1-4H3,(H,35,38)(H,36,39). The van der Waals surface area contributed by atoms with E-state index in [2.05, 4.69) is 43.3 Å². The minimum atomic E-state index is -1.19. The van der Waals surface area contributed by atoms with Crippen molar-refractivity contribution in [2.24, 2.45) is 23.7 Å². The SMILES string of the molecule is CC(C)c1ccc(NC(=O)C2C3C=CC4(O3)C2C(=O)N(Cc2cccnc2)C4C(=O)NC2CCCC(C)C2C)cc1. The Balaban J connectivity index is 1.30. The molecule has 4 heterocycles. The van der Waals surface area contributed by atoms with Crippen molar-refractivity contribution in [2.45, 2.75) is 83.2 Å². The number of amides is 3. The highest BCUT2D eigenvalue weighted by Gasteiger charge is 2.72. The Labute approximate surface area is 241 Å². The van der Waals surface area contributed by atoms with Gasteiger partial charge in [0.15, 0.2) is 0 Å². The molecule has 2 aromatic rings. The number of nitrogens with zero attached hydrogens (tertiary/aromatic N) is 2. The van der Waals surface area contributed by atoms with Crippen molar-refractivity contribution in [1.29, 1.82) is 0 Å². The number of likely N-dealkylation sites (tertiary alicyclic amines) is 1. The normalized spacial score (nSPS) is 33.7. The number of carbonyl (C=O) groups excluding carboxylic acids is 3. The van der Waals surface area contributed by atoms with Crippen LogP contribution in [0.5, 0.6) is 0 Å². The lowest BCUT2D eigenvalue weighted by atomic mass is 9.73. The number of aromatic nitrogens is 1. The zero-order valence-electron chi connectivity index (χ0n) is 24.2. The summed E-state index contributed by atoms with van der Waals surface area (Å²) in [7, 11) is 0. The highest BCUT2D eigenvalue weighted by atomic mass is 16.5. The Bertz CT molecular complexity index is 1340. The molecular formula is C33H40N4O4. The first-order valence-corrected chi connectivity index (χ1v) is 15.0. The summed E-state index contributed by atoms with van der Waals surface area (Å²) in [6, 6.07) is 10.7. The van der Waals surface area contributed by atoms with Crippen LogP contribution in [0.4, 0.5) is 5.69 Å². The maximum atomic E-state index is 14.2. The monoisotopic (exact) mass is 556 g/mol. The molecule has 2 N–H and O–H groups in total. The Morgan fingerprint density at radius 3 is 2.61 bits per heavy atom. The van der Waals surface area contributed by atoms with Gasteiger partial charge < -0.3 is 20.3 Å². The van der Waals surface area contributed by atoms with Crippen LogP contribution < -0.4 is 10.6 Å². The van der Waals surface area contributed by atoms with Crippen LogP contribution in [0.3, 0.4) is 0 Å². The molecule has 8 nitrogen and oxygen atoms in total. The summed E-state index contributed by atoms with van der Waals surface area (Å²) in [5, 5.41) is 6.32. The second-order valence-electron chi connectivity index (χ2n) is 12.7. The lowest BCUT2D eigenvalue weighted by Gasteiger charge is -2.38. The number of hydrogen-bond donors (Lipinski definition) is 2. The van der Waals surface area contributed by atoms with Crippen LogP contribution in [-0.2, 0) is 25.7 Å². The summed E-state index contributed by atoms with van der Waals surface area (Å²) >= 11 is 0. The number of ether oxygens (including phenoxy) is 1. The van der Waals surface area contributed by atoms with E-state index in [1.54, 1.807) is 17.3 Å². The van der Waals surface area contributed by atoms with Crippen molar-refractivity contribution < 1.29 is 19.1 Å². The van der Waals surface area contributed by atoms with Gasteiger partial charge in [-0.3, -0.25) is 19.4 Å². The topological polar surface area (TPSA) is 101 Å². The predicted octanol–water partition coefficient (Wildman–Crippen LogP) is 4.44. The summed E-state index contributed by atoms with van der Waals surface area (Å²) in [5.74, 6) is -1.02. The Morgan fingerprint density at radius 1 is 1.12 bits per heavy atom. The average Bonchev–Trinajstić information content (AvgIpc) is 3.59. The van der Waals surface area contributed by atoms with E-state index in [9.17, 15) is 14.4 Å². The van der Waals surface area contributed by atoms with Gasteiger partial charge in [-0.1, -0.05) is 70.9 Å². The lowest BCUT2D eigenvalue weighted by molar-refractivity contribution is -0.142. The number of carbonyl (C=O) groups is 3. The highest BCUT2D eigenvalue weighted by Crippen LogP contribution is 2.55. The van der Waals surface area contributed by atoms with E-state index >= 15 is 0 Å². The second kappa shape index (κ2) is 10.7. The van der Waals surface area contributed by atoms with Crippen LogP contribution in [-0.4, -0.2) is 51.4 Å². The first-order chi connectivity index (χ1) is 19.7. The van der Waals surface area contributed by atoms with Crippen molar-refractivity contribution in [3.05, 3.63) is 72.1 Å². The van der Waals surface area contributed by atoms with E-state index in [-0.39, 0.29) is 30.3 Å². The molecule has 1 spiro atoms. The number of anilines is 1. The minimum absolute atomic E-state index is 0.0348. The second-order valence-corrected chi connectivity index (χ2v) is 12.7. The van der Waals surface area contributed by atoms with Crippen LogP contribution in [0.25, 0.3) is 0 Å². The third-order valence-corrected chi connectivity index (χ3v) is 9.88. The van der Waals surface area contributed by atoms with Gasteiger partial charge in [-0.15, -0.1) is 0 Å². The van der Waals surface area contributed by atoms with Gasteiger partial charge in [0.25, 0.3) is 0 Å². The third-order valence-electron chi connectivity index (χ3n) is 9.88. The number of benzene rings is 1. The van der Waals surface area contributed by atoms with E-state index in [1.165, 1.54) is 5.56 Å². The highest BCUT2D eigenvalue weighted by molar-refractivity contribution is 6.02. The molecule has 8 heteroatoms. The molecule has 3 fully saturated rings. The smallest absolute Gasteiger partial charge is 0.246 e. The van der Waals surface area contributed by atoms with E-state index in [1.807, 2.05) is 48.6 Å². The molecule has 2 saturated heterocycles. The third kappa shape index (κ3) is 4.76. The van der Waals surface area contributed by atoms with Crippen molar-refractivity contribution in [1.82, 2.24) is 15.2 Å². The predicted molar refractivity (Wildman–Crippen MR) is 156 cm³/mol. The van der Waals surface area contributed by atoms with Gasteiger partial charge in [-0.25, -0.2) is 0 Å². The van der Waals surface area contributed by atoms with Crippen molar-refractivity contribution in [3.8, 4) is 0 Å². The van der Waals surface area contributed by atoms with E-state index in [4.69, 9.17) is 4.74 Å². The molecule has 0 radical (unpaired) electrons. The molecule has 2 bridgehead atoms. The average molecular weight is 557 g/mol. The summed E-state index contributed by atoms with van der Waals surface area (Å²) in [5.41, 5.74) is 1.48. The fourth-order valence-corrected chi connectivity index (χ4v) is 7.35. The van der Waals surface area contributed by atoms with Crippen molar-refractivity contribution in [2.75, 3.05) is 5.32 Å². The van der Waals surface area contributed by atoms with Crippen LogP contribution in [0, 0.1) is 23.7 Å². The van der Waals surface area contributed by atoms with Gasteiger partial charge in [0.05, 0.1) is 17.9 Å². The van der Waals surface area contributed by atoms with Gasteiger partial charge in [-0.05, 0) is 53.5 Å². The number of hydrogen-bond acceptors (Lipinski definition) is 5. The summed E-state index contributed by atoms with van der Waals surface area (Å²) in [6.45, 7) is 8.88. The number of rotatable bonds is 7. The fraction of sp³-hybridized carbons (Fsp3) is 0.515. The molecule has 216 valence electrons. The molecule has 1 aromatic carbocycles. The first kappa shape index (κ1) is 27.6. The minimum Gasteiger partial charge on any atom is -0.359 e. The molecule has 1 aromatic heterocycles. The van der Waals surface area contributed by atoms with E-state index in [0.29, 0.717) is 23.4 Å². The zero-order valence-corrected chi connectivity index (χ0v) is 24.2. The number of pyridine rings is 1. The van der Waals surface area contributed by atoms with Crippen LogP contribution >= 0.6 is 0 Å². The summed E-state index contributed by atoms with van der Waals surface area (Å²) < 4.78 is 6.50. The van der Waals surface area contributed by atoms with Gasteiger partial charge in [-0.2, -0.15) is 0 Å². The molecule has 41 heavy (non-hydrogen) atoms. The van der Waals surface area contributed by atoms with Crippen molar-refractivity contribution >= 4 is 23.4 Å². The number of fused-ring (bicyclic) bond motifs is 1. The number of nitrogens with one attached hydrogen (secondary N) is 2. The van der Waals surface area contributed by atoms with Gasteiger partial charge in [0, 0.05) is 30.7 Å². The molecule has 6 rings (SSSR count).